The highest BCUT2D eigenvalue weighted by Crippen LogP contribution is 2.20. The van der Waals surface area contributed by atoms with Crippen molar-refractivity contribution in [3.63, 3.8) is 0 Å². The van der Waals surface area contributed by atoms with Crippen molar-refractivity contribution in [3.05, 3.63) is 34.4 Å². The van der Waals surface area contributed by atoms with Crippen LogP contribution in [-0.2, 0) is 10.0 Å². The van der Waals surface area contributed by atoms with Gasteiger partial charge in [0, 0.05) is 24.7 Å². The van der Waals surface area contributed by atoms with Crippen LogP contribution in [-0.4, -0.2) is 43.9 Å². The van der Waals surface area contributed by atoms with E-state index in [4.69, 9.17) is 0 Å². The molecule has 1 N–H and O–H groups in total. The molecule has 0 amide bonds. The summed E-state index contributed by atoms with van der Waals surface area (Å²) in [4.78, 5) is 12.5. The van der Waals surface area contributed by atoms with E-state index in [-0.39, 0.29) is 10.6 Å². The Hall–Kier alpha value is -1.51. The fraction of sp³-hybridized carbons (Fsp3) is 0.600. The van der Waals surface area contributed by atoms with Crippen molar-refractivity contribution in [2.24, 2.45) is 5.92 Å². The first-order valence-corrected chi connectivity index (χ1v) is 9.26. The van der Waals surface area contributed by atoms with Crippen molar-refractivity contribution in [3.8, 4) is 0 Å². The average Bonchev–Trinajstić information content (AvgIpc) is 2.53. The molecule has 1 saturated heterocycles. The first kappa shape index (κ1) is 17.8. The van der Waals surface area contributed by atoms with Gasteiger partial charge in [0.15, 0.2) is 0 Å². The van der Waals surface area contributed by atoms with Crippen LogP contribution in [0.3, 0.4) is 0 Å². The lowest BCUT2D eigenvalue weighted by Crippen LogP contribution is -2.41. The molecule has 0 unspecified atom stereocenters. The Labute approximate surface area is 136 Å². The van der Waals surface area contributed by atoms with Crippen LogP contribution in [0.25, 0.3) is 0 Å². The van der Waals surface area contributed by atoms with E-state index in [1.807, 2.05) is 0 Å². The number of piperidine rings is 1. The Balaban J connectivity index is 1.95. The summed E-state index contributed by atoms with van der Waals surface area (Å²) in [5, 5.41) is 10.8. The van der Waals surface area contributed by atoms with Crippen molar-refractivity contribution in [1.29, 1.82) is 0 Å². The molecule has 0 spiro atoms. The molecule has 7 nitrogen and oxygen atoms in total. The first-order valence-electron chi connectivity index (χ1n) is 7.78. The minimum absolute atomic E-state index is 0.0636. The molecule has 1 fully saturated rings. The molecule has 8 heteroatoms. The molecular formula is C15H23N3O4S. The molecule has 0 atom stereocenters. The lowest BCUT2D eigenvalue weighted by molar-refractivity contribution is -0.385. The van der Waals surface area contributed by atoms with Crippen LogP contribution < -0.4 is 4.72 Å². The maximum absolute atomic E-state index is 12.3. The summed E-state index contributed by atoms with van der Waals surface area (Å²) in [7, 11) is -3.71. The predicted octanol–water partition coefficient (Wildman–Crippen LogP) is 1.99. The van der Waals surface area contributed by atoms with E-state index in [0.29, 0.717) is 18.5 Å². The number of likely N-dealkylation sites (tertiary alicyclic amines) is 1. The van der Waals surface area contributed by atoms with E-state index in [9.17, 15) is 18.5 Å². The van der Waals surface area contributed by atoms with Crippen molar-refractivity contribution in [1.82, 2.24) is 9.62 Å². The largest absolute Gasteiger partial charge is 0.301 e. The molecule has 0 radical (unpaired) electrons. The highest BCUT2D eigenvalue weighted by Gasteiger charge is 2.23. The summed E-state index contributed by atoms with van der Waals surface area (Å²) in [5.41, 5.74) is -0.224. The van der Waals surface area contributed by atoms with Gasteiger partial charge in [0.25, 0.3) is 5.69 Å². The summed E-state index contributed by atoms with van der Waals surface area (Å²) in [6.45, 7) is 6.63. The second-order valence-electron chi connectivity index (χ2n) is 6.18. The number of sulfonamides is 1. The summed E-state index contributed by atoms with van der Waals surface area (Å²) >= 11 is 0. The Bertz CT molecular complexity index is 652. The van der Waals surface area contributed by atoms with E-state index < -0.39 is 14.9 Å². The zero-order valence-electron chi connectivity index (χ0n) is 13.4. The van der Waals surface area contributed by atoms with E-state index in [1.54, 1.807) is 0 Å². The van der Waals surface area contributed by atoms with E-state index in [1.165, 1.54) is 18.2 Å². The van der Waals surface area contributed by atoms with Gasteiger partial charge < -0.3 is 4.90 Å². The number of hydrogen-bond acceptors (Lipinski definition) is 5. The highest BCUT2D eigenvalue weighted by atomic mass is 32.2. The van der Waals surface area contributed by atoms with Gasteiger partial charge in [-0.2, -0.15) is 0 Å². The van der Waals surface area contributed by atoms with Crippen LogP contribution in [0.4, 0.5) is 5.69 Å². The topological polar surface area (TPSA) is 92.6 Å². The van der Waals surface area contributed by atoms with Crippen molar-refractivity contribution >= 4 is 15.7 Å². The van der Waals surface area contributed by atoms with Crippen molar-refractivity contribution in [2.45, 2.75) is 37.6 Å². The molecule has 1 heterocycles. The minimum Gasteiger partial charge on any atom is -0.301 e. The third kappa shape index (κ3) is 4.73. The first-order chi connectivity index (χ1) is 10.8. The molecule has 0 aromatic heterocycles. The lowest BCUT2D eigenvalue weighted by Gasteiger charge is -2.34. The monoisotopic (exact) mass is 341 g/mol. The number of nitro benzene ring substituents is 1. The molecule has 1 aromatic carbocycles. The van der Waals surface area contributed by atoms with Gasteiger partial charge in [-0.25, -0.2) is 13.1 Å². The third-order valence-corrected chi connectivity index (χ3v) is 5.70. The zero-order chi connectivity index (χ0) is 17.0. The molecule has 1 aliphatic rings. The van der Waals surface area contributed by atoms with Gasteiger partial charge in [0.2, 0.25) is 10.0 Å². The predicted molar refractivity (Wildman–Crippen MR) is 87.7 cm³/mol. The van der Waals surface area contributed by atoms with E-state index >= 15 is 0 Å². The van der Waals surface area contributed by atoms with Gasteiger partial charge in [0.1, 0.15) is 0 Å². The van der Waals surface area contributed by atoms with E-state index in [0.717, 1.165) is 32.0 Å². The van der Waals surface area contributed by atoms with E-state index in [2.05, 4.69) is 23.5 Å². The SMILES string of the molecule is CC(C)N1CCC(CNS(=O)(=O)c2cccc([N+](=O)[O-])c2)CC1. The van der Waals surface area contributed by atoms with Gasteiger partial charge in [-0.15, -0.1) is 0 Å². The number of non-ortho nitro benzene ring substituents is 1. The van der Waals surface area contributed by atoms with Crippen LogP contribution in [0, 0.1) is 16.0 Å². The number of hydrogen-bond donors (Lipinski definition) is 1. The quantitative estimate of drug-likeness (QED) is 0.631. The summed E-state index contributed by atoms with van der Waals surface area (Å²) in [6, 6.07) is 5.63. The molecule has 0 bridgehead atoms. The Morgan fingerprint density at radius 3 is 2.57 bits per heavy atom. The highest BCUT2D eigenvalue weighted by molar-refractivity contribution is 7.89. The van der Waals surface area contributed by atoms with Crippen LogP contribution in [0.1, 0.15) is 26.7 Å². The standard InChI is InChI=1S/C15H23N3O4S/c1-12(2)17-8-6-13(7-9-17)11-16-23(21,22)15-5-3-4-14(10-15)18(19)20/h3-5,10,12-13,16H,6-9,11H2,1-2H3. The Morgan fingerprint density at radius 1 is 1.35 bits per heavy atom. The van der Waals surface area contributed by atoms with Gasteiger partial charge in [0.05, 0.1) is 9.82 Å². The van der Waals surface area contributed by atoms with Crippen molar-refractivity contribution in [2.75, 3.05) is 19.6 Å². The number of benzene rings is 1. The van der Waals surface area contributed by atoms with Crippen LogP contribution in [0.5, 0.6) is 0 Å². The minimum atomic E-state index is -3.71. The molecule has 23 heavy (non-hydrogen) atoms. The fourth-order valence-electron chi connectivity index (χ4n) is 2.75. The van der Waals surface area contributed by atoms with Crippen LogP contribution in [0.2, 0.25) is 0 Å². The Morgan fingerprint density at radius 2 is 2.00 bits per heavy atom. The van der Waals surface area contributed by atoms with Gasteiger partial charge in [-0.3, -0.25) is 10.1 Å². The second kappa shape index (κ2) is 7.37. The maximum atomic E-state index is 12.3. The van der Waals surface area contributed by atoms with Crippen LogP contribution >= 0.6 is 0 Å². The molecule has 0 saturated carbocycles. The Kier molecular flexibility index (Phi) is 5.72. The molecular weight excluding hydrogens is 318 g/mol. The average molecular weight is 341 g/mol. The molecule has 0 aliphatic carbocycles. The number of rotatable bonds is 6. The van der Waals surface area contributed by atoms with Gasteiger partial charge >= 0.3 is 0 Å². The van der Waals surface area contributed by atoms with Crippen LogP contribution in [0.15, 0.2) is 29.2 Å². The number of nitrogens with zero attached hydrogens (tertiary/aromatic N) is 2. The second-order valence-corrected chi connectivity index (χ2v) is 7.95. The summed E-state index contributed by atoms with van der Waals surface area (Å²) in [6.07, 6.45) is 1.91. The number of nitrogens with one attached hydrogen (secondary N) is 1. The fourth-order valence-corrected chi connectivity index (χ4v) is 3.90. The third-order valence-electron chi connectivity index (χ3n) is 4.28. The molecule has 1 aromatic rings. The zero-order valence-corrected chi connectivity index (χ0v) is 14.3. The molecule has 1 aliphatic heterocycles. The number of nitro groups is 1. The summed E-state index contributed by atoms with van der Waals surface area (Å²) < 4.78 is 27.1. The normalized spacial score (nSPS) is 17.5. The smallest absolute Gasteiger partial charge is 0.270 e. The summed E-state index contributed by atoms with van der Waals surface area (Å²) in [5.74, 6) is 0.304. The molecule has 2 rings (SSSR count). The van der Waals surface area contributed by atoms with Crippen molar-refractivity contribution < 1.29 is 13.3 Å². The molecule has 128 valence electrons. The van der Waals surface area contributed by atoms with Gasteiger partial charge in [-0.05, 0) is 51.8 Å². The lowest BCUT2D eigenvalue weighted by atomic mass is 9.96. The maximum Gasteiger partial charge on any atom is 0.270 e. The van der Waals surface area contributed by atoms with Gasteiger partial charge in [-0.1, -0.05) is 6.07 Å².